The molecule has 2 aromatic rings. The van der Waals surface area contributed by atoms with Crippen LogP contribution in [0.15, 0.2) is 24.4 Å². The molecule has 0 unspecified atom stereocenters. The quantitative estimate of drug-likeness (QED) is 0.865. The first-order valence-corrected chi connectivity index (χ1v) is 6.52. The molecule has 0 spiro atoms. The first kappa shape index (κ1) is 12.8. The third-order valence-corrected chi connectivity index (χ3v) is 3.09. The van der Waals surface area contributed by atoms with Crippen LogP contribution in [0.3, 0.4) is 0 Å². The number of aromatic nitrogens is 2. The monoisotopic (exact) mass is 275 g/mol. The van der Waals surface area contributed by atoms with Crippen LogP contribution < -0.4 is 19.5 Å². The molecule has 0 aliphatic carbocycles. The van der Waals surface area contributed by atoms with E-state index < -0.39 is 0 Å². The Hall–Kier alpha value is -2.21. The van der Waals surface area contributed by atoms with Crippen LogP contribution in [0.25, 0.3) is 0 Å². The van der Waals surface area contributed by atoms with Crippen LogP contribution in [-0.2, 0) is 13.1 Å². The zero-order valence-corrected chi connectivity index (χ0v) is 11.3. The van der Waals surface area contributed by atoms with E-state index in [4.69, 9.17) is 14.2 Å². The minimum Gasteiger partial charge on any atom is -0.493 e. The van der Waals surface area contributed by atoms with Gasteiger partial charge in [-0.2, -0.15) is 5.10 Å². The molecule has 1 aliphatic rings. The molecule has 0 saturated heterocycles. The normalized spacial score (nSPS) is 13.2. The lowest BCUT2D eigenvalue weighted by Gasteiger charge is -2.21. The summed E-state index contributed by atoms with van der Waals surface area (Å²) < 4.78 is 16.5. The van der Waals surface area contributed by atoms with Crippen molar-refractivity contribution in [2.75, 3.05) is 20.3 Å². The van der Waals surface area contributed by atoms with E-state index in [-0.39, 0.29) is 0 Å². The van der Waals surface area contributed by atoms with E-state index in [0.717, 1.165) is 23.6 Å². The number of hydrogen-bond acceptors (Lipinski definition) is 5. The standard InChI is InChI=1S/C14H17N3O3/c1-18-12-6-10(7-13-14(12)20-5-4-19-13)8-15-9-11-2-3-16-17-11/h2-3,6-7,15H,4-5,8-9H2,1H3,(H,16,17). The van der Waals surface area contributed by atoms with E-state index in [2.05, 4.69) is 15.5 Å². The van der Waals surface area contributed by atoms with Gasteiger partial charge in [0, 0.05) is 25.0 Å². The maximum Gasteiger partial charge on any atom is 0.203 e. The van der Waals surface area contributed by atoms with Gasteiger partial charge in [-0.3, -0.25) is 5.10 Å². The molecule has 0 amide bonds. The topological polar surface area (TPSA) is 68.4 Å². The fourth-order valence-electron chi connectivity index (χ4n) is 2.15. The van der Waals surface area contributed by atoms with E-state index in [1.54, 1.807) is 13.3 Å². The lowest BCUT2D eigenvalue weighted by atomic mass is 10.1. The van der Waals surface area contributed by atoms with Gasteiger partial charge in [0.2, 0.25) is 5.75 Å². The fourth-order valence-corrected chi connectivity index (χ4v) is 2.15. The third kappa shape index (κ3) is 2.70. The first-order valence-electron chi connectivity index (χ1n) is 6.52. The largest absolute Gasteiger partial charge is 0.493 e. The van der Waals surface area contributed by atoms with E-state index in [0.29, 0.717) is 31.3 Å². The lowest BCUT2D eigenvalue weighted by Crippen LogP contribution is -2.17. The number of aromatic amines is 1. The Morgan fingerprint density at radius 3 is 3.00 bits per heavy atom. The van der Waals surface area contributed by atoms with Crippen LogP contribution in [0.2, 0.25) is 0 Å². The fraction of sp³-hybridized carbons (Fsp3) is 0.357. The van der Waals surface area contributed by atoms with Crippen molar-refractivity contribution in [1.82, 2.24) is 15.5 Å². The van der Waals surface area contributed by atoms with Gasteiger partial charge in [0.1, 0.15) is 13.2 Å². The van der Waals surface area contributed by atoms with E-state index in [1.807, 2.05) is 18.2 Å². The molecule has 1 aromatic carbocycles. The van der Waals surface area contributed by atoms with Gasteiger partial charge in [0.25, 0.3) is 0 Å². The molecule has 0 radical (unpaired) electrons. The Kier molecular flexibility index (Phi) is 3.73. The molecule has 20 heavy (non-hydrogen) atoms. The molecule has 1 aliphatic heterocycles. The Morgan fingerprint density at radius 2 is 2.20 bits per heavy atom. The van der Waals surface area contributed by atoms with Gasteiger partial charge in [-0.1, -0.05) is 0 Å². The van der Waals surface area contributed by atoms with Crippen LogP contribution in [-0.4, -0.2) is 30.5 Å². The maximum atomic E-state index is 5.61. The lowest BCUT2D eigenvalue weighted by molar-refractivity contribution is 0.165. The predicted octanol–water partition coefficient (Wildman–Crippen LogP) is 1.48. The van der Waals surface area contributed by atoms with Crippen LogP contribution in [0.4, 0.5) is 0 Å². The second-order valence-electron chi connectivity index (χ2n) is 4.51. The maximum absolute atomic E-state index is 5.61. The Labute approximate surface area is 117 Å². The number of methoxy groups -OCH3 is 1. The summed E-state index contributed by atoms with van der Waals surface area (Å²) >= 11 is 0. The summed E-state index contributed by atoms with van der Waals surface area (Å²) in [5, 5.41) is 10.2. The molecule has 0 atom stereocenters. The molecule has 3 rings (SSSR count). The highest BCUT2D eigenvalue weighted by molar-refractivity contribution is 5.54. The molecule has 0 fully saturated rings. The smallest absolute Gasteiger partial charge is 0.203 e. The van der Waals surface area contributed by atoms with Crippen LogP contribution in [0.1, 0.15) is 11.3 Å². The Bertz CT molecular complexity index is 552. The van der Waals surface area contributed by atoms with Crippen molar-refractivity contribution < 1.29 is 14.2 Å². The highest BCUT2D eigenvalue weighted by Crippen LogP contribution is 2.40. The average Bonchev–Trinajstić information content (AvgIpc) is 2.99. The van der Waals surface area contributed by atoms with Crippen molar-refractivity contribution in [2.24, 2.45) is 0 Å². The van der Waals surface area contributed by atoms with Crippen LogP contribution >= 0.6 is 0 Å². The molecule has 1 aromatic heterocycles. The number of H-pyrrole nitrogens is 1. The van der Waals surface area contributed by atoms with Crippen molar-refractivity contribution in [1.29, 1.82) is 0 Å². The number of benzene rings is 1. The SMILES string of the molecule is COc1cc(CNCc2ccn[nH]2)cc2c1OCCO2. The van der Waals surface area contributed by atoms with Crippen molar-refractivity contribution in [2.45, 2.75) is 13.1 Å². The molecular formula is C14H17N3O3. The number of nitrogens with one attached hydrogen (secondary N) is 2. The van der Waals surface area contributed by atoms with Gasteiger partial charge in [0.15, 0.2) is 11.5 Å². The molecule has 0 saturated carbocycles. The third-order valence-electron chi connectivity index (χ3n) is 3.09. The highest BCUT2D eigenvalue weighted by atomic mass is 16.6. The van der Waals surface area contributed by atoms with Gasteiger partial charge >= 0.3 is 0 Å². The molecule has 6 heteroatoms. The summed E-state index contributed by atoms with van der Waals surface area (Å²) in [6.07, 6.45) is 1.74. The molecule has 2 heterocycles. The summed E-state index contributed by atoms with van der Waals surface area (Å²) in [6, 6.07) is 5.89. The van der Waals surface area contributed by atoms with Gasteiger partial charge in [-0.15, -0.1) is 0 Å². The second kappa shape index (κ2) is 5.83. The van der Waals surface area contributed by atoms with Crippen molar-refractivity contribution in [3.8, 4) is 17.2 Å². The Morgan fingerprint density at radius 1 is 1.30 bits per heavy atom. The number of fused-ring (bicyclic) bond motifs is 1. The van der Waals surface area contributed by atoms with Gasteiger partial charge in [0.05, 0.1) is 7.11 Å². The predicted molar refractivity (Wildman–Crippen MR) is 73.1 cm³/mol. The molecule has 0 bridgehead atoms. The Balaban J connectivity index is 1.69. The second-order valence-corrected chi connectivity index (χ2v) is 4.51. The van der Waals surface area contributed by atoms with Crippen molar-refractivity contribution in [3.05, 3.63) is 35.7 Å². The molecular weight excluding hydrogens is 258 g/mol. The molecule has 106 valence electrons. The highest BCUT2D eigenvalue weighted by Gasteiger charge is 2.18. The van der Waals surface area contributed by atoms with Gasteiger partial charge in [-0.05, 0) is 23.8 Å². The zero-order valence-electron chi connectivity index (χ0n) is 11.3. The summed E-state index contributed by atoms with van der Waals surface area (Å²) in [5.41, 5.74) is 2.14. The van der Waals surface area contributed by atoms with Crippen LogP contribution in [0.5, 0.6) is 17.2 Å². The number of ether oxygens (including phenoxy) is 3. The summed E-state index contributed by atoms with van der Waals surface area (Å²) in [5.74, 6) is 2.14. The minimum absolute atomic E-state index is 0.556. The van der Waals surface area contributed by atoms with E-state index in [1.165, 1.54) is 0 Å². The molecule has 2 N–H and O–H groups in total. The number of rotatable bonds is 5. The molecule has 6 nitrogen and oxygen atoms in total. The van der Waals surface area contributed by atoms with Gasteiger partial charge < -0.3 is 19.5 Å². The zero-order chi connectivity index (χ0) is 13.8. The summed E-state index contributed by atoms with van der Waals surface area (Å²) in [6.45, 7) is 2.57. The average molecular weight is 275 g/mol. The minimum atomic E-state index is 0.556. The van der Waals surface area contributed by atoms with Gasteiger partial charge in [-0.25, -0.2) is 0 Å². The van der Waals surface area contributed by atoms with Crippen molar-refractivity contribution >= 4 is 0 Å². The van der Waals surface area contributed by atoms with Crippen LogP contribution in [0, 0.1) is 0 Å². The summed E-state index contributed by atoms with van der Waals surface area (Å²) in [7, 11) is 1.63. The first-order chi connectivity index (χ1) is 9.86. The number of hydrogen-bond donors (Lipinski definition) is 2. The van der Waals surface area contributed by atoms with E-state index in [9.17, 15) is 0 Å². The summed E-state index contributed by atoms with van der Waals surface area (Å²) in [4.78, 5) is 0. The van der Waals surface area contributed by atoms with E-state index >= 15 is 0 Å². The number of nitrogens with zero attached hydrogens (tertiary/aromatic N) is 1. The van der Waals surface area contributed by atoms with Crippen molar-refractivity contribution in [3.63, 3.8) is 0 Å².